The van der Waals surface area contributed by atoms with Crippen molar-refractivity contribution in [2.45, 2.75) is 6.92 Å². The van der Waals surface area contributed by atoms with E-state index in [1.165, 1.54) is 0 Å². The third-order valence-electron chi connectivity index (χ3n) is 2.78. The Balaban J connectivity index is 1.94. The first-order valence-corrected chi connectivity index (χ1v) is 5.96. The first kappa shape index (κ1) is 11.5. The maximum absolute atomic E-state index is 11.8. The Hall–Kier alpha value is -2.62. The molecule has 0 radical (unpaired) electrons. The minimum atomic E-state index is -0.215. The van der Waals surface area contributed by atoms with E-state index >= 15 is 0 Å². The Kier molecular flexibility index (Phi) is 2.76. The molecule has 1 aliphatic heterocycles. The average molecular weight is 252 g/mol. The predicted octanol–water partition coefficient (Wildman–Crippen LogP) is 2.51. The smallest absolute Gasteiger partial charge is 0.275 e. The van der Waals surface area contributed by atoms with Crippen molar-refractivity contribution in [1.29, 1.82) is 0 Å². The molecule has 19 heavy (non-hydrogen) atoms. The monoisotopic (exact) mass is 252 g/mol. The molecule has 3 rings (SSSR count). The van der Waals surface area contributed by atoms with Crippen LogP contribution in [-0.2, 0) is 4.79 Å². The number of aliphatic imine (C=N–C) groups is 1. The lowest BCUT2D eigenvalue weighted by Crippen LogP contribution is -2.24. The quantitative estimate of drug-likeness (QED) is 0.835. The average Bonchev–Trinajstić information content (AvgIpc) is 2.98. The molecule has 2 aromatic rings. The minimum absolute atomic E-state index is 0.215. The van der Waals surface area contributed by atoms with E-state index in [9.17, 15) is 4.79 Å². The Morgan fingerprint density at radius 2 is 1.95 bits per heavy atom. The molecule has 94 valence electrons. The van der Waals surface area contributed by atoms with Crippen LogP contribution in [0.4, 0.5) is 0 Å². The van der Waals surface area contributed by atoms with Gasteiger partial charge in [-0.3, -0.25) is 4.79 Å². The molecule has 2 heterocycles. The molecule has 4 heteroatoms. The maximum Gasteiger partial charge on any atom is 0.275 e. The highest BCUT2D eigenvalue weighted by atomic mass is 16.3. The zero-order chi connectivity index (χ0) is 13.2. The molecule has 0 fully saturated rings. The number of amidine groups is 1. The summed E-state index contributed by atoms with van der Waals surface area (Å²) in [6.07, 6.45) is 1.64. The fourth-order valence-electron chi connectivity index (χ4n) is 1.87. The third-order valence-corrected chi connectivity index (χ3v) is 2.78. The summed E-state index contributed by atoms with van der Waals surface area (Å²) in [6.45, 7) is 1.86. The summed E-state index contributed by atoms with van der Waals surface area (Å²) in [6, 6.07) is 13.2. The lowest BCUT2D eigenvalue weighted by Gasteiger charge is -1.98. The van der Waals surface area contributed by atoms with Crippen LogP contribution in [0.1, 0.15) is 17.1 Å². The van der Waals surface area contributed by atoms with Crippen LogP contribution in [0.5, 0.6) is 0 Å². The highest BCUT2D eigenvalue weighted by molar-refractivity contribution is 6.19. The van der Waals surface area contributed by atoms with Crippen molar-refractivity contribution >= 4 is 17.8 Å². The van der Waals surface area contributed by atoms with Gasteiger partial charge in [0.1, 0.15) is 23.1 Å². The number of nitrogens with one attached hydrogen (secondary N) is 1. The second-order valence-corrected chi connectivity index (χ2v) is 4.26. The van der Waals surface area contributed by atoms with Crippen molar-refractivity contribution in [3.05, 3.63) is 65.2 Å². The molecular weight excluding hydrogens is 240 g/mol. The number of furan rings is 1. The molecule has 0 unspecified atom stereocenters. The molecule has 1 N–H and O–H groups in total. The van der Waals surface area contributed by atoms with Gasteiger partial charge < -0.3 is 9.73 Å². The number of carbonyl (C=O) groups is 1. The van der Waals surface area contributed by atoms with Gasteiger partial charge in [-0.15, -0.1) is 0 Å². The van der Waals surface area contributed by atoms with Crippen LogP contribution in [0, 0.1) is 6.92 Å². The van der Waals surface area contributed by atoms with Crippen LogP contribution in [0.2, 0.25) is 0 Å². The number of benzene rings is 1. The van der Waals surface area contributed by atoms with E-state index in [1.54, 1.807) is 6.08 Å². The molecule has 0 aliphatic carbocycles. The van der Waals surface area contributed by atoms with Gasteiger partial charge in [0.05, 0.1) is 0 Å². The molecular formula is C15H12N2O2. The van der Waals surface area contributed by atoms with E-state index in [1.807, 2.05) is 49.4 Å². The van der Waals surface area contributed by atoms with E-state index in [0.29, 0.717) is 17.3 Å². The molecule has 1 aliphatic rings. The molecule has 0 bridgehead atoms. The molecule has 1 amide bonds. The summed E-state index contributed by atoms with van der Waals surface area (Å²) in [5.41, 5.74) is 1.24. The normalized spacial score (nSPS) is 16.6. The highest BCUT2D eigenvalue weighted by Crippen LogP contribution is 2.16. The van der Waals surface area contributed by atoms with E-state index in [2.05, 4.69) is 10.3 Å². The minimum Gasteiger partial charge on any atom is -0.462 e. The summed E-state index contributed by atoms with van der Waals surface area (Å²) >= 11 is 0. The molecule has 0 spiro atoms. The summed E-state index contributed by atoms with van der Waals surface area (Å²) in [5.74, 6) is 1.78. The van der Waals surface area contributed by atoms with Crippen LogP contribution >= 0.6 is 0 Å². The summed E-state index contributed by atoms with van der Waals surface area (Å²) in [7, 11) is 0. The lowest BCUT2D eigenvalue weighted by molar-refractivity contribution is -0.115. The Morgan fingerprint density at radius 3 is 2.63 bits per heavy atom. The largest absolute Gasteiger partial charge is 0.462 e. The van der Waals surface area contributed by atoms with Gasteiger partial charge in [-0.2, -0.15) is 0 Å². The van der Waals surface area contributed by atoms with E-state index < -0.39 is 0 Å². The topological polar surface area (TPSA) is 54.6 Å². The fraction of sp³-hybridized carbons (Fsp3) is 0.0667. The number of carbonyl (C=O) groups excluding carboxylic acids is 1. The Morgan fingerprint density at radius 1 is 1.16 bits per heavy atom. The summed E-state index contributed by atoms with van der Waals surface area (Å²) in [5, 5.41) is 2.75. The second kappa shape index (κ2) is 4.57. The maximum atomic E-state index is 11.8. The number of aryl methyl sites for hydroxylation is 1. The van der Waals surface area contributed by atoms with Gasteiger partial charge in [0.15, 0.2) is 0 Å². The number of hydrogen-bond acceptors (Lipinski definition) is 3. The summed E-state index contributed by atoms with van der Waals surface area (Å²) in [4.78, 5) is 16.1. The van der Waals surface area contributed by atoms with E-state index in [4.69, 9.17) is 4.42 Å². The van der Waals surface area contributed by atoms with Crippen molar-refractivity contribution in [3.8, 4) is 0 Å². The molecule has 0 saturated heterocycles. The van der Waals surface area contributed by atoms with Crippen LogP contribution in [0.15, 0.2) is 57.6 Å². The fourth-order valence-corrected chi connectivity index (χ4v) is 1.87. The second-order valence-electron chi connectivity index (χ2n) is 4.26. The molecule has 4 nitrogen and oxygen atoms in total. The lowest BCUT2D eigenvalue weighted by atomic mass is 10.2. The van der Waals surface area contributed by atoms with Gasteiger partial charge in [0, 0.05) is 11.6 Å². The Bertz CT molecular complexity index is 681. The van der Waals surface area contributed by atoms with Crippen molar-refractivity contribution in [2.24, 2.45) is 4.99 Å². The highest BCUT2D eigenvalue weighted by Gasteiger charge is 2.21. The van der Waals surface area contributed by atoms with Gasteiger partial charge in [0.2, 0.25) is 0 Å². The Labute approximate surface area is 110 Å². The zero-order valence-corrected chi connectivity index (χ0v) is 10.4. The standard InChI is InChI=1S/C15H12N2O2/c1-10-7-8-12(19-10)9-13-15(18)17-14(16-13)11-5-3-2-4-6-11/h2-9H,1H3,(H,16,17,18)/b13-9-. The van der Waals surface area contributed by atoms with Gasteiger partial charge in [-0.1, -0.05) is 30.3 Å². The van der Waals surface area contributed by atoms with Crippen LogP contribution in [0.3, 0.4) is 0 Å². The third kappa shape index (κ3) is 2.33. The van der Waals surface area contributed by atoms with Gasteiger partial charge in [-0.25, -0.2) is 4.99 Å². The predicted molar refractivity (Wildman–Crippen MR) is 72.5 cm³/mol. The van der Waals surface area contributed by atoms with E-state index in [-0.39, 0.29) is 5.91 Å². The number of hydrogen-bond donors (Lipinski definition) is 1. The number of rotatable bonds is 2. The first-order valence-electron chi connectivity index (χ1n) is 5.96. The van der Waals surface area contributed by atoms with Gasteiger partial charge >= 0.3 is 0 Å². The first-order chi connectivity index (χ1) is 9.22. The molecule has 1 aromatic carbocycles. The number of nitrogens with zero attached hydrogens (tertiary/aromatic N) is 1. The van der Waals surface area contributed by atoms with Crippen LogP contribution in [0.25, 0.3) is 6.08 Å². The zero-order valence-electron chi connectivity index (χ0n) is 10.4. The van der Waals surface area contributed by atoms with Crippen LogP contribution in [-0.4, -0.2) is 11.7 Å². The van der Waals surface area contributed by atoms with Crippen molar-refractivity contribution in [2.75, 3.05) is 0 Å². The van der Waals surface area contributed by atoms with Crippen LogP contribution < -0.4 is 5.32 Å². The molecule has 1 aromatic heterocycles. The van der Waals surface area contributed by atoms with Crippen molar-refractivity contribution in [3.63, 3.8) is 0 Å². The molecule has 0 atom stereocenters. The van der Waals surface area contributed by atoms with Gasteiger partial charge in [0.25, 0.3) is 5.91 Å². The van der Waals surface area contributed by atoms with Crippen molar-refractivity contribution < 1.29 is 9.21 Å². The SMILES string of the molecule is Cc1ccc(/C=C2\N=C(c3ccccc3)NC2=O)o1. The summed E-state index contributed by atoms with van der Waals surface area (Å²) < 4.78 is 5.41. The van der Waals surface area contributed by atoms with Gasteiger partial charge in [-0.05, 0) is 19.1 Å². The molecule has 0 saturated carbocycles. The van der Waals surface area contributed by atoms with E-state index in [0.717, 1.165) is 11.3 Å². The number of amides is 1. The van der Waals surface area contributed by atoms with Crippen molar-refractivity contribution in [1.82, 2.24) is 5.32 Å².